The summed E-state index contributed by atoms with van der Waals surface area (Å²) in [7, 11) is 0. The largest absolute Gasteiger partial charge is 0.364 e. The number of hydrogen-bond acceptors (Lipinski definition) is 4. The third-order valence-electron chi connectivity index (χ3n) is 3.67. The van der Waals surface area contributed by atoms with Crippen molar-refractivity contribution in [1.82, 2.24) is 14.8 Å². The fourth-order valence-electron chi connectivity index (χ4n) is 2.74. The SMILES string of the molecule is Cc1ccnc(-n2nc(C(N)=O)c3c2CCCC3N)c1. The van der Waals surface area contributed by atoms with Crippen molar-refractivity contribution in [1.29, 1.82) is 0 Å². The van der Waals surface area contributed by atoms with Crippen molar-refractivity contribution in [2.24, 2.45) is 11.5 Å². The standard InChI is InChI=1S/C14H17N5O/c1-8-5-6-17-11(7-8)19-10-4-2-3-9(15)12(10)13(18-19)14(16)20/h5-7,9H,2-4,15H2,1H3,(H2,16,20). The summed E-state index contributed by atoms with van der Waals surface area (Å²) in [6, 6.07) is 3.66. The number of rotatable bonds is 2. The molecule has 1 amide bonds. The van der Waals surface area contributed by atoms with Gasteiger partial charge in [0.2, 0.25) is 0 Å². The molecule has 0 fully saturated rings. The molecule has 2 aromatic rings. The molecular formula is C14H17N5O. The number of hydrogen-bond donors (Lipinski definition) is 2. The molecule has 0 radical (unpaired) electrons. The molecule has 2 aromatic heterocycles. The predicted octanol–water partition coefficient (Wildman–Crippen LogP) is 1.01. The van der Waals surface area contributed by atoms with Crippen LogP contribution in [0.15, 0.2) is 18.3 Å². The highest BCUT2D eigenvalue weighted by molar-refractivity contribution is 5.93. The molecule has 6 heteroatoms. The molecule has 20 heavy (non-hydrogen) atoms. The van der Waals surface area contributed by atoms with Gasteiger partial charge in [0.05, 0.1) is 5.69 Å². The number of primary amides is 1. The summed E-state index contributed by atoms with van der Waals surface area (Å²) >= 11 is 0. The van der Waals surface area contributed by atoms with Crippen molar-refractivity contribution in [2.75, 3.05) is 0 Å². The van der Waals surface area contributed by atoms with Crippen LogP contribution in [-0.2, 0) is 6.42 Å². The molecule has 0 saturated heterocycles. The molecule has 0 aliphatic heterocycles. The number of nitrogens with zero attached hydrogens (tertiary/aromatic N) is 3. The Bertz CT molecular complexity index is 676. The maximum absolute atomic E-state index is 11.6. The summed E-state index contributed by atoms with van der Waals surface area (Å²) in [5.41, 5.74) is 14.7. The quantitative estimate of drug-likeness (QED) is 0.851. The lowest BCUT2D eigenvalue weighted by molar-refractivity contribution is 0.0993. The fourth-order valence-corrected chi connectivity index (χ4v) is 2.74. The van der Waals surface area contributed by atoms with Crippen LogP contribution in [0.5, 0.6) is 0 Å². The van der Waals surface area contributed by atoms with E-state index in [0.29, 0.717) is 5.82 Å². The van der Waals surface area contributed by atoms with E-state index in [0.717, 1.165) is 36.1 Å². The predicted molar refractivity (Wildman–Crippen MR) is 74.5 cm³/mol. The number of carbonyl (C=O) groups excluding carboxylic acids is 1. The first-order valence-corrected chi connectivity index (χ1v) is 6.68. The Balaban J connectivity index is 2.22. The second-order valence-corrected chi connectivity index (χ2v) is 5.18. The van der Waals surface area contributed by atoms with Crippen LogP contribution in [0.3, 0.4) is 0 Å². The molecule has 1 aliphatic rings. The third kappa shape index (κ3) is 1.98. The molecular weight excluding hydrogens is 254 g/mol. The van der Waals surface area contributed by atoms with Gasteiger partial charge in [-0.15, -0.1) is 0 Å². The van der Waals surface area contributed by atoms with Crippen molar-refractivity contribution in [2.45, 2.75) is 32.2 Å². The molecule has 1 atom stereocenters. The Kier molecular flexibility index (Phi) is 3.02. The summed E-state index contributed by atoms with van der Waals surface area (Å²) in [6.07, 6.45) is 4.38. The highest BCUT2D eigenvalue weighted by atomic mass is 16.1. The van der Waals surface area contributed by atoms with Gasteiger partial charge in [0.15, 0.2) is 11.5 Å². The topological polar surface area (TPSA) is 99.8 Å². The normalized spacial score (nSPS) is 17.8. The monoisotopic (exact) mass is 271 g/mol. The highest BCUT2D eigenvalue weighted by Crippen LogP contribution is 2.31. The summed E-state index contributed by atoms with van der Waals surface area (Å²) in [6.45, 7) is 1.99. The first-order chi connectivity index (χ1) is 9.58. The van der Waals surface area contributed by atoms with Crippen LogP contribution in [0.1, 0.15) is 46.2 Å². The number of aromatic nitrogens is 3. The Labute approximate surface area is 116 Å². The lowest BCUT2D eigenvalue weighted by atomic mass is 9.91. The molecule has 0 saturated carbocycles. The lowest BCUT2D eigenvalue weighted by Crippen LogP contribution is -2.22. The van der Waals surface area contributed by atoms with Crippen molar-refractivity contribution in [3.8, 4) is 5.82 Å². The van der Waals surface area contributed by atoms with Gasteiger partial charge in [-0.05, 0) is 43.9 Å². The first kappa shape index (κ1) is 12.8. The van der Waals surface area contributed by atoms with Gasteiger partial charge in [-0.3, -0.25) is 4.79 Å². The van der Waals surface area contributed by atoms with Crippen LogP contribution >= 0.6 is 0 Å². The molecule has 1 unspecified atom stereocenters. The van der Waals surface area contributed by atoms with E-state index < -0.39 is 5.91 Å². The second-order valence-electron chi connectivity index (χ2n) is 5.18. The van der Waals surface area contributed by atoms with Crippen LogP contribution in [0.25, 0.3) is 5.82 Å². The van der Waals surface area contributed by atoms with Crippen LogP contribution in [0.4, 0.5) is 0 Å². The van der Waals surface area contributed by atoms with E-state index >= 15 is 0 Å². The maximum Gasteiger partial charge on any atom is 0.269 e. The zero-order valence-corrected chi connectivity index (χ0v) is 11.3. The van der Waals surface area contributed by atoms with E-state index in [1.54, 1.807) is 10.9 Å². The van der Waals surface area contributed by atoms with E-state index in [9.17, 15) is 4.79 Å². The summed E-state index contributed by atoms with van der Waals surface area (Å²) in [5, 5.41) is 4.35. The van der Waals surface area contributed by atoms with Gasteiger partial charge in [0, 0.05) is 17.8 Å². The smallest absolute Gasteiger partial charge is 0.269 e. The maximum atomic E-state index is 11.6. The molecule has 1 aliphatic carbocycles. The van der Waals surface area contributed by atoms with Gasteiger partial charge < -0.3 is 11.5 Å². The number of fused-ring (bicyclic) bond motifs is 1. The van der Waals surface area contributed by atoms with E-state index in [1.165, 1.54) is 0 Å². The zero-order chi connectivity index (χ0) is 14.3. The van der Waals surface area contributed by atoms with Gasteiger partial charge in [0.1, 0.15) is 0 Å². The van der Waals surface area contributed by atoms with E-state index in [-0.39, 0.29) is 11.7 Å². The van der Waals surface area contributed by atoms with Crippen LogP contribution < -0.4 is 11.5 Å². The minimum absolute atomic E-state index is 0.181. The highest BCUT2D eigenvalue weighted by Gasteiger charge is 2.29. The molecule has 4 N–H and O–H groups in total. The molecule has 2 heterocycles. The van der Waals surface area contributed by atoms with Crippen LogP contribution in [0.2, 0.25) is 0 Å². The Morgan fingerprint density at radius 1 is 1.50 bits per heavy atom. The van der Waals surface area contributed by atoms with Crippen LogP contribution in [-0.4, -0.2) is 20.7 Å². The van der Waals surface area contributed by atoms with E-state index in [4.69, 9.17) is 11.5 Å². The van der Waals surface area contributed by atoms with Crippen LogP contribution in [0, 0.1) is 6.92 Å². The van der Waals surface area contributed by atoms with Crippen molar-refractivity contribution >= 4 is 5.91 Å². The van der Waals surface area contributed by atoms with Gasteiger partial charge in [0.25, 0.3) is 5.91 Å². The number of pyridine rings is 1. The van der Waals surface area contributed by atoms with Gasteiger partial charge in [-0.25, -0.2) is 9.67 Å². The Morgan fingerprint density at radius 3 is 3.00 bits per heavy atom. The minimum Gasteiger partial charge on any atom is -0.364 e. The molecule has 104 valence electrons. The average molecular weight is 271 g/mol. The Morgan fingerprint density at radius 2 is 2.30 bits per heavy atom. The van der Waals surface area contributed by atoms with Gasteiger partial charge in [-0.1, -0.05) is 0 Å². The van der Waals surface area contributed by atoms with Crippen molar-refractivity contribution in [3.05, 3.63) is 40.8 Å². The fraction of sp³-hybridized carbons (Fsp3) is 0.357. The summed E-state index contributed by atoms with van der Waals surface area (Å²) in [4.78, 5) is 15.9. The number of carbonyl (C=O) groups is 1. The van der Waals surface area contributed by atoms with E-state index in [2.05, 4.69) is 10.1 Å². The second kappa shape index (κ2) is 4.72. The zero-order valence-electron chi connectivity index (χ0n) is 11.3. The summed E-state index contributed by atoms with van der Waals surface area (Å²) in [5.74, 6) is 0.160. The molecule has 0 aromatic carbocycles. The molecule has 6 nitrogen and oxygen atoms in total. The third-order valence-corrected chi connectivity index (χ3v) is 3.67. The van der Waals surface area contributed by atoms with Crippen molar-refractivity contribution in [3.63, 3.8) is 0 Å². The Hall–Kier alpha value is -2.21. The number of aryl methyl sites for hydroxylation is 1. The molecule has 3 rings (SSSR count). The number of amides is 1. The molecule has 0 spiro atoms. The average Bonchev–Trinajstić information content (AvgIpc) is 2.80. The minimum atomic E-state index is -0.537. The molecule has 0 bridgehead atoms. The lowest BCUT2D eigenvalue weighted by Gasteiger charge is -2.19. The van der Waals surface area contributed by atoms with Crippen molar-refractivity contribution < 1.29 is 4.79 Å². The first-order valence-electron chi connectivity index (χ1n) is 6.68. The van der Waals surface area contributed by atoms with Gasteiger partial charge >= 0.3 is 0 Å². The number of nitrogens with two attached hydrogens (primary N) is 2. The summed E-state index contributed by atoms with van der Waals surface area (Å²) < 4.78 is 1.71. The van der Waals surface area contributed by atoms with Gasteiger partial charge in [-0.2, -0.15) is 5.10 Å². The van der Waals surface area contributed by atoms with E-state index in [1.807, 2.05) is 19.1 Å².